The lowest BCUT2D eigenvalue weighted by atomic mass is 9.79. The van der Waals surface area contributed by atoms with E-state index in [-0.39, 0.29) is 17.9 Å². The maximum Gasteiger partial charge on any atom is 0.314 e. The van der Waals surface area contributed by atoms with Gasteiger partial charge in [0.05, 0.1) is 19.1 Å². The van der Waals surface area contributed by atoms with Crippen LogP contribution in [0.4, 0.5) is 4.79 Å². The zero-order valence-electron chi connectivity index (χ0n) is 12.7. The fourth-order valence-electron chi connectivity index (χ4n) is 2.55. The van der Waals surface area contributed by atoms with Crippen molar-refractivity contribution in [2.45, 2.75) is 32.6 Å². The first-order valence-corrected chi connectivity index (χ1v) is 7.47. The van der Waals surface area contributed by atoms with E-state index in [1.54, 1.807) is 0 Å². The molecule has 0 aromatic heterocycles. The summed E-state index contributed by atoms with van der Waals surface area (Å²) in [5.74, 6) is -1.06. The van der Waals surface area contributed by atoms with Gasteiger partial charge in [-0.05, 0) is 25.7 Å². The largest absolute Gasteiger partial charge is 0.481 e. The summed E-state index contributed by atoms with van der Waals surface area (Å²) >= 11 is 0. The van der Waals surface area contributed by atoms with Crippen LogP contribution in [-0.4, -0.2) is 43.4 Å². The summed E-state index contributed by atoms with van der Waals surface area (Å²) in [5.41, 5.74) is 0.941. The molecule has 0 bridgehead atoms. The predicted molar refractivity (Wildman–Crippen MR) is 80.1 cm³/mol. The molecule has 1 fully saturated rings. The highest BCUT2D eigenvalue weighted by Gasteiger charge is 2.30. The van der Waals surface area contributed by atoms with Crippen LogP contribution in [0.15, 0.2) is 12.2 Å². The van der Waals surface area contributed by atoms with E-state index < -0.39 is 5.97 Å². The molecule has 0 aromatic carbocycles. The Hall–Kier alpha value is -1.56. The first kappa shape index (κ1) is 17.5. The molecule has 1 aliphatic rings. The van der Waals surface area contributed by atoms with Crippen molar-refractivity contribution >= 4 is 12.0 Å². The first-order chi connectivity index (χ1) is 10.0. The van der Waals surface area contributed by atoms with E-state index in [2.05, 4.69) is 17.2 Å². The van der Waals surface area contributed by atoms with Gasteiger partial charge in [0.2, 0.25) is 0 Å². The molecule has 0 saturated heterocycles. The minimum absolute atomic E-state index is 0.0293. The molecule has 3 N–H and O–H groups in total. The first-order valence-electron chi connectivity index (χ1n) is 7.47. The fourth-order valence-corrected chi connectivity index (χ4v) is 2.55. The molecule has 2 amide bonds. The van der Waals surface area contributed by atoms with Gasteiger partial charge >= 0.3 is 12.0 Å². The number of hydrogen-bond acceptors (Lipinski definition) is 3. The minimum atomic E-state index is -0.755. The molecule has 21 heavy (non-hydrogen) atoms. The van der Waals surface area contributed by atoms with Gasteiger partial charge in [-0.25, -0.2) is 4.79 Å². The normalized spacial score (nSPS) is 21.6. The van der Waals surface area contributed by atoms with E-state index in [0.717, 1.165) is 24.8 Å². The van der Waals surface area contributed by atoms with Crippen LogP contribution >= 0.6 is 0 Å². The summed E-state index contributed by atoms with van der Waals surface area (Å²) in [4.78, 5) is 22.8. The summed E-state index contributed by atoms with van der Waals surface area (Å²) in [6, 6.07) is -0.274. The molecular formula is C15H26N2O4. The maximum absolute atomic E-state index is 11.6. The predicted octanol–water partition coefficient (Wildman–Crippen LogP) is 1.77. The van der Waals surface area contributed by atoms with Crippen LogP contribution in [-0.2, 0) is 9.53 Å². The second kappa shape index (κ2) is 9.39. The summed E-state index contributed by atoms with van der Waals surface area (Å²) in [6.45, 7) is 7.35. The molecule has 0 heterocycles. The molecule has 2 unspecified atom stereocenters. The highest BCUT2D eigenvalue weighted by Crippen LogP contribution is 2.29. The number of carboxylic acid groups (broad SMARTS) is 1. The highest BCUT2D eigenvalue weighted by atomic mass is 16.5. The third-order valence-corrected chi connectivity index (χ3v) is 3.63. The van der Waals surface area contributed by atoms with Crippen molar-refractivity contribution in [1.29, 1.82) is 0 Å². The van der Waals surface area contributed by atoms with Crippen LogP contribution in [0.3, 0.4) is 0 Å². The van der Waals surface area contributed by atoms with Crippen LogP contribution < -0.4 is 10.6 Å². The van der Waals surface area contributed by atoms with Gasteiger partial charge in [0.1, 0.15) is 0 Å². The molecule has 1 rings (SSSR count). The summed E-state index contributed by atoms with van der Waals surface area (Å²) in [6.07, 6.45) is 3.56. The van der Waals surface area contributed by atoms with Crippen LogP contribution in [0.1, 0.15) is 32.6 Å². The van der Waals surface area contributed by atoms with Crippen LogP contribution in [0.5, 0.6) is 0 Å². The van der Waals surface area contributed by atoms with E-state index >= 15 is 0 Å². The second-order valence-electron chi connectivity index (χ2n) is 5.64. The van der Waals surface area contributed by atoms with E-state index in [4.69, 9.17) is 9.84 Å². The average molecular weight is 298 g/mol. The molecule has 0 spiro atoms. The Morgan fingerprint density at radius 1 is 1.29 bits per heavy atom. The minimum Gasteiger partial charge on any atom is -0.481 e. The van der Waals surface area contributed by atoms with Crippen LogP contribution in [0.2, 0.25) is 0 Å². The molecular weight excluding hydrogens is 272 g/mol. The van der Waals surface area contributed by atoms with Gasteiger partial charge < -0.3 is 20.5 Å². The topological polar surface area (TPSA) is 87.7 Å². The fraction of sp³-hybridized carbons (Fsp3) is 0.733. The summed E-state index contributed by atoms with van der Waals surface area (Å²) in [5, 5.41) is 14.6. The van der Waals surface area contributed by atoms with Gasteiger partial charge in [-0.3, -0.25) is 4.79 Å². The number of carbonyl (C=O) groups is 2. The molecule has 0 radical (unpaired) electrons. The van der Waals surface area contributed by atoms with Gasteiger partial charge in [0.15, 0.2) is 0 Å². The van der Waals surface area contributed by atoms with Crippen molar-refractivity contribution in [3.63, 3.8) is 0 Å². The smallest absolute Gasteiger partial charge is 0.314 e. The quantitative estimate of drug-likeness (QED) is 0.471. The number of rotatable bonds is 8. The molecule has 0 aromatic rings. The number of ether oxygens (including phenoxy) is 1. The Labute approximate surface area is 125 Å². The summed E-state index contributed by atoms with van der Waals surface area (Å²) < 4.78 is 5.27. The monoisotopic (exact) mass is 298 g/mol. The number of amides is 2. The average Bonchev–Trinajstić information content (AvgIpc) is 2.44. The van der Waals surface area contributed by atoms with Gasteiger partial charge in [-0.15, -0.1) is 0 Å². The van der Waals surface area contributed by atoms with Crippen molar-refractivity contribution in [2.75, 3.05) is 26.3 Å². The van der Waals surface area contributed by atoms with Crippen molar-refractivity contribution in [3.05, 3.63) is 12.2 Å². The van der Waals surface area contributed by atoms with E-state index in [9.17, 15) is 9.59 Å². The molecule has 6 nitrogen and oxygen atoms in total. The van der Waals surface area contributed by atoms with Crippen LogP contribution in [0, 0.1) is 11.8 Å². The number of urea groups is 1. The Morgan fingerprint density at radius 2 is 2.00 bits per heavy atom. The molecule has 1 saturated carbocycles. The zero-order chi connectivity index (χ0) is 15.7. The Bertz CT molecular complexity index is 371. The third kappa shape index (κ3) is 7.13. The lowest BCUT2D eigenvalue weighted by molar-refractivity contribution is -0.144. The van der Waals surface area contributed by atoms with Crippen LogP contribution in [0.25, 0.3) is 0 Å². The van der Waals surface area contributed by atoms with E-state index in [0.29, 0.717) is 32.7 Å². The summed E-state index contributed by atoms with van der Waals surface area (Å²) in [7, 11) is 0. The van der Waals surface area contributed by atoms with Gasteiger partial charge in [0, 0.05) is 13.1 Å². The van der Waals surface area contributed by atoms with Crippen molar-refractivity contribution in [1.82, 2.24) is 10.6 Å². The highest BCUT2D eigenvalue weighted by molar-refractivity contribution is 5.74. The standard InChI is InChI=1S/C15H26N2O4/c1-11(2)10-21-8-7-16-15(20)17-9-12-5-3-4-6-13(12)14(18)19/h12-13H,1,3-10H2,2H3,(H,18,19)(H2,16,17,20). The van der Waals surface area contributed by atoms with Crippen molar-refractivity contribution < 1.29 is 19.4 Å². The molecule has 0 aliphatic heterocycles. The van der Waals surface area contributed by atoms with Crippen molar-refractivity contribution in [3.8, 4) is 0 Å². The molecule has 1 aliphatic carbocycles. The Kier molecular flexibility index (Phi) is 7.82. The third-order valence-electron chi connectivity index (χ3n) is 3.63. The number of hydrogen-bond donors (Lipinski definition) is 3. The molecule has 2 atom stereocenters. The van der Waals surface area contributed by atoms with Gasteiger partial charge in [0.25, 0.3) is 0 Å². The number of aliphatic carboxylic acids is 1. The van der Waals surface area contributed by atoms with Gasteiger partial charge in [-0.2, -0.15) is 0 Å². The van der Waals surface area contributed by atoms with Crippen molar-refractivity contribution in [2.24, 2.45) is 11.8 Å². The lowest BCUT2D eigenvalue weighted by Crippen LogP contribution is -2.42. The number of nitrogens with one attached hydrogen (secondary N) is 2. The lowest BCUT2D eigenvalue weighted by Gasteiger charge is -2.28. The number of carbonyl (C=O) groups excluding carboxylic acids is 1. The Balaban J connectivity index is 2.16. The number of carboxylic acids is 1. The zero-order valence-corrected chi connectivity index (χ0v) is 12.7. The maximum atomic E-state index is 11.6. The van der Waals surface area contributed by atoms with E-state index in [1.165, 1.54) is 0 Å². The van der Waals surface area contributed by atoms with E-state index in [1.807, 2.05) is 6.92 Å². The molecule has 6 heteroatoms. The SMILES string of the molecule is C=C(C)COCCNC(=O)NCC1CCCCC1C(=O)O. The molecule has 120 valence electrons. The second-order valence-corrected chi connectivity index (χ2v) is 5.64. The van der Waals surface area contributed by atoms with Gasteiger partial charge in [-0.1, -0.05) is 25.0 Å². The Morgan fingerprint density at radius 3 is 2.67 bits per heavy atom.